The van der Waals surface area contributed by atoms with Crippen LogP contribution in [0.4, 0.5) is 11.4 Å². The van der Waals surface area contributed by atoms with Crippen LogP contribution in [0.15, 0.2) is 42.5 Å². The van der Waals surface area contributed by atoms with Crippen LogP contribution in [0.25, 0.3) is 0 Å². The summed E-state index contributed by atoms with van der Waals surface area (Å²) in [5.74, 6) is 0.273. The smallest absolute Gasteiger partial charge is 0.270 e. The van der Waals surface area contributed by atoms with E-state index in [1.807, 2.05) is 19.1 Å². The largest absolute Gasteiger partial charge is 0.378 e. The molecule has 120 valence electrons. The lowest BCUT2D eigenvalue weighted by Gasteiger charge is -2.12. The third-order valence-electron chi connectivity index (χ3n) is 3.72. The van der Waals surface area contributed by atoms with Gasteiger partial charge in [-0.3, -0.25) is 14.9 Å². The Morgan fingerprint density at radius 2 is 1.96 bits per heavy atom. The predicted octanol–water partition coefficient (Wildman–Crippen LogP) is 4.32. The number of ketones is 1. The Bertz CT molecular complexity index is 739. The number of hydrogen-bond donors (Lipinski definition) is 1. The summed E-state index contributed by atoms with van der Waals surface area (Å²) in [7, 11) is 0. The van der Waals surface area contributed by atoms with Crippen LogP contribution in [0.2, 0.25) is 0 Å². The normalized spacial score (nSPS) is 10.6. The number of non-ortho nitro benzene ring substituents is 1. The van der Waals surface area contributed by atoms with Gasteiger partial charge in [0.15, 0.2) is 5.78 Å². The summed E-state index contributed by atoms with van der Waals surface area (Å²) in [6.45, 7) is 6.42. The van der Waals surface area contributed by atoms with Gasteiger partial charge in [0, 0.05) is 23.4 Å². The maximum Gasteiger partial charge on any atom is 0.270 e. The number of nitro groups is 1. The molecule has 2 rings (SSSR count). The summed E-state index contributed by atoms with van der Waals surface area (Å²) in [5.41, 5.74) is 3.58. The van der Waals surface area contributed by atoms with Crippen LogP contribution in [0.3, 0.4) is 0 Å². The van der Waals surface area contributed by atoms with Crippen LogP contribution in [0, 0.1) is 17.0 Å². The maximum atomic E-state index is 12.2. The van der Waals surface area contributed by atoms with E-state index >= 15 is 0 Å². The summed E-state index contributed by atoms with van der Waals surface area (Å²) in [6.07, 6.45) is 0. The van der Waals surface area contributed by atoms with Crippen LogP contribution in [0.1, 0.15) is 41.3 Å². The molecule has 0 fully saturated rings. The predicted molar refractivity (Wildman–Crippen MR) is 91.2 cm³/mol. The van der Waals surface area contributed by atoms with Crippen molar-refractivity contribution < 1.29 is 9.72 Å². The number of nitrogens with zero attached hydrogens (tertiary/aromatic N) is 1. The molecule has 5 nitrogen and oxygen atoms in total. The molecule has 23 heavy (non-hydrogen) atoms. The quantitative estimate of drug-likeness (QED) is 0.490. The number of carbonyl (C=O) groups excluding carboxylic acids is 1. The third-order valence-corrected chi connectivity index (χ3v) is 3.72. The molecule has 0 aliphatic carbocycles. The number of nitrogens with one attached hydrogen (secondary N) is 1. The Labute approximate surface area is 135 Å². The molecule has 0 unspecified atom stereocenters. The van der Waals surface area contributed by atoms with E-state index in [0.717, 1.165) is 5.69 Å². The standard InChI is InChI=1S/C18H20N2O3/c1-12(2)17-8-7-15(9-13(17)3)19-11-18(21)14-5-4-6-16(10-14)20(22)23/h4-10,12,19H,11H2,1-3H3. The number of anilines is 1. The minimum atomic E-state index is -0.502. The highest BCUT2D eigenvalue weighted by molar-refractivity contribution is 5.99. The van der Waals surface area contributed by atoms with E-state index in [9.17, 15) is 14.9 Å². The van der Waals surface area contributed by atoms with E-state index in [0.29, 0.717) is 11.5 Å². The first-order chi connectivity index (χ1) is 10.9. The molecule has 0 bridgehead atoms. The molecule has 5 heteroatoms. The molecule has 0 radical (unpaired) electrons. The maximum absolute atomic E-state index is 12.2. The van der Waals surface area contributed by atoms with Gasteiger partial charge in [0.2, 0.25) is 0 Å². The van der Waals surface area contributed by atoms with E-state index in [-0.39, 0.29) is 18.0 Å². The minimum Gasteiger partial charge on any atom is -0.378 e. The molecule has 2 aromatic rings. The molecule has 0 aliphatic rings. The van der Waals surface area contributed by atoms with Crippen molar-refractivity contribution in [3.8, 4) is 0 Å². The molecule has 0 aromatic heterocycles. The van der Waals surface area contributed by atoms with E-state index in [1.54, 1.807) is 6.07 Å². The number of carbonyl (C=O) groups is 1. The van der Waals surface area contributed by atoms with Crippen LogP contribution in [-0.4, -0.2) is 17.3 Å². The molecule has 0 saturated heterocycles. The van der Waals surface area contributed by atoms with Gasteiger partial charge in [-0.05, 0) is 36.1 Å². The second-order valence-electron chi connectivity index (χ2n) is 5.81. The highest BCUT2D eigenvalue weighted by atomic mass is 16.6. The molecule has 0 saturated carbocycles. The molecule has 2 aromatic carbocycles. The van der Waals surface area contributed by atoms with Gasteiger partial charge in [0.1, 0.15) is 0 Å². The summed E-state index contributed by atoms with van der Waals surface area (Å²) in [5, 5.41) is 13.8. The van der Waals surface area contributed by atoms with Crippen molar-refractivity contribution in [2.24, 2.45) is 0 Å². The van der Waals surface area contributed by atoms with Gasteiger partial charge >= 0.3 is 0 Å². The van der Waals surface area contributed by atoms with Crippen molar-refractivity contribution in [3.63, 3.8) is 0 Å². The highest BCUT2D eigenvalue weighted by Gasteiger charge is 2.11. The van der Waals surface area contributed by atoms with E-state index < -0.39 is 4.92 Å². The minimum absolute atomic E-state index is 0.0759. The van der Waals surface area contributed by atoms with Gasteiger partial charge in [-0.1, -0.05) is 32.0 Å². The van der Waals surface area contributed by atoms with E-state index in [4.69, 9.17) is 0 Å². The Morgan fingerprint density at radius 1 is 1.22 bits per heavy atom. The molecule has 0 aliphatic heterocycles. The SMILES string of the molecule is Cc1cc(NCC(=O)c2cccc([N+](=O)[O-])c2)ccc1C(C)C. The molecular formula is C18H20N2O3. The van der Waals surface area contributed by atoms with Gasteiger partial charge in [-0.15, -0.1) is 0 Å². The first-order valence-electron chi connectivity index (χ1n) is 7.50. The number of Topliss-reactive ketones (excluding diaryl/α,β-unsaturated/α-hetero) is 1. The van der Waals surface area contributed by atoms with Crippen molar-refractivity contribution in [1.29, 1.82) is 0 Å². The molecule has 0 atom stereocenters. The molecule has 0 spiro atoms. The van der Waals surface area contributed by atoms with Crippen LogP contribution < -0.4 is 5.32 Å². The second kappa shape index (κ2) is 7.05. The van der Waals surface area contributed by atoms with Gasteiger partial charge < -0.3 is 5.32 Å². The van der Waals surface area contributed by atoms with E-state index in [1.165, 1.54) is 29.3 Å². The van der Waals surface area contributed by atoms with Crippen molar-refractivity contribution in [3.05, 3.63) is 69.3 Å². The number of nitro benzene ring substituents is 1. The fourth-order valence-electron chi connectivity index (χ4n) is 2.51. The second-order valence-corrected chi connectivity index (χ2v) is 5.81. The van der Waals surface area contributed by atoms with Crippen molar-refractivity contribution >= 4 is 17.2 Å². The van der Waals surface area contributed by atoms with Crippen molar-refractivity contribution in [1.82, 2.24) is 0 Å². The summed E-state index contributed by atoms with van der Waals surface area (Å²) in [4.78, 5) is 22.4. The zero-order valence-electron chi connectivity index (χ0n) is 13.5. The van der Waals surface area contributed by atoms with Gasteiger partial charge in [0.25, 0.3) is 5.69 Å². The zero-order valence-corrected chi connectivity index (χ0v) is 13.5. The number of hydrogen-bond acceptors (Lipinski definition) is 4. The van der Waals surface area contributed by atoms with Crippen LogP contribution in [-0.2, 0) is 0 Å². The number of rotatable bonds is 6. The summed E-state index contributed by atoms with van der Waals surface area (Å²) < 4.78 is 0. The molecular weight excluding hydrogens is 292 g/mol. The first kappa shape index (κ1) is 16.7. The Morgan fingerprint density at radius 3 is 2.57 bits per heavy atom. The van der Waals surface area contributed by atoms with Crippen molar-refractivity contribution in [2.75, 3.05) is 11.9 Å². The summed E-state index contributed by atoms with van der Waals surface area (Å²) >= 11 is 0. The van der Waals surface area contributed by atoms with Gasteiger partial charge in [-0.25, -0.2) is 0 Å². The van der Waals surface area contributed by atoms with Crippen LogP contribution in [0.5, 0.6) is 0 Å². The van der Waals surface area contributed by atoms with E-state index in [2.05, 4.69) is 25.2 Å². The molecule has 1 N–H and O–H groups in total. The third kappa shape index (κ3) is 4.16. The zero-order chi connectivity index (χ0) is 17.0. The Balaban J connectivity index is 2.06. The van der Waals surface area contributed by atoms with Crippen LogP contribution >= 0.6 is 0 Å². The average Bonchev–Trinajstić information content (AvgIpc) is 2.52. The topological polar surface area (TPSA) is 72.2 Å². The van der Waals surface area contributed by atoms with Crippen molar-refractivity contribution in [2.45, 2.75) is 26.7 Å². The lowest BCUT2D eigenvalue weighted by Crippen LogP contribution is -2.14. The lowest BCUT2D eigenvalue weighted by atomic mass is 9.97. The fourth-order valence-corrected chi connectivity index (χ4v) is 2.51. The lowest BCUT2D eigenvalue weighted by molar-refractivity contribution is -0.384. The molecule has 0 heterocycles. The molecule has 0 amide bonds. The fraction of sp³-hybridized carbons (Fsp3) is 0.278. The monoisotopic (exact) mass is 312 g/mol. The first-order valence-corrected chi connectivity index (χ1v) is 7.50. The Kier molecular flexibility index (Phi) is 5.11. The highest BCUT2D eigenvalue weighted by Crippen LogP contribution is 2.22. The Hall–Kier alpha value is -2.69. The number of aryl methyl sites for hydroxylation is 1. The summed E-state index contributed by atoms with van der Waals surface area (Å²) in [6, 6.07) is 11.8. The van der Waals surface area contributed by atoms with Gasteiger partial charge in [-0.2, -0.15) is 0 Å². The number of benzene rings is 2. The van der Waals surface area contributed by atoms with Gasteiger partial charge in [0.05, 0.1) is 11.5 Å². The average molecular weight is 312 g/mol.